The Kier molecular flexibility index (Phi) is 5.96. The van der Waals surface area contributed by atoms with Gasteiger partial charge in [-0.05, 0) is 26.1 Å². The summed E-state index contributed by atoms with van der Waals surface area (Å²) < 4.78 is 50.6. The number of carbonyl (C=O) groups excluding carboxylic acids is 1. The molecule has 0 saturated heterocycles. The summed E-state index contributed by atoms with van der Waals surface area (Å²) in [5.41, 5.74) is 0.991. The first-order chi connectivity index (χ1) is 15.0. The highest BCUT2D eigenvalue weighted by atomic mass is 32.2. The summed E-state index contributed by atoms with van der Waals surface area (Å²) in [6, 6.07) is 6.76. The van der Waals surface area contributed by atoms with Crippen molar-refractivity contribution >= 4 is 23.9 Å². The number of rotatable bonds is 7. The van der Waals surface area contributed by atoms with Crippen LogP contribution in [0.5, 0.6) is 17.6 Å². The van der Waals surface area contributed by atoms with Gasteiger partial charge in [0.25, 0.3) is 0 Å². The summed E-state index contributed by atoms with van der Waals surface area (Å²) in [5, 5.41) is 0. The molecule has 2 heterocycles. The third-order valence-electron chi connectivity index (χ3n) is 4.70. The second kappa shape index (κ2) is 8.82. The van der Waals surface area contributed by atoms with Crippen LogP contribution in [-0.2, 0) is 6.54 Å². The van der Waals surface area contributed by atoms with E-state index in [4.69, 9.17) is 13.9 Å². The minimum Gasteiger partial charge on any atom is -0.417 e. The van der Waals surface area contributed by atoms with Crippen molar-refractivity contribution in [3.63, 3.8) is 0 Å². The van der Waals surface area contributed by atoms with Gasteiger partial charge in [0.1, 0.15) is 12.0 Å². The number of ether oxygens (including phenoxy) is 2. The predicted molar refractivity (Wildman–Crippen MR) is 110 cm³/mol. The normalized spacial score (nSPS) is 15.4. The van der Waals surface area contributed by atoms with Gasteiger partial charge >= 0.3 is 12.2 Å². The number of benzene rings is 2. The number of amides is 1. The summed E-state index contributed by atoms with van der Waals surface area (Å²) in [7, 11) is 1.70. The molecule has 4 rings (SSSR count). The zero-order chi connectivity index (χ0) is 22.0. The van der Waals surface area contributed by atoms with Gasteiger partial charge < -0.3 is 18.6 Å². The number of nitrogens with one attached hydrogen (secondary N) is 2. The van der Waals surface area contributed by atoms with Crippen LogP contribution >= 0.6 is 12.1 Å². The Hall–Kier alpha value is -3.31. The Balaban J connectivity index is 1.58. The lowest BCUT2D eigenvalue weighted by atomic mass is 10.0. The molecule has 0 fully saturated rings. The van der Waals surface area contributed by atoms with Crippen LogP contribution in [-0.4, -0.2) is 23.0 Å². The second-order valence-electron chi connectivity index (χ2n) is 6.58. The van der Waals surface area contributed by atoms with E-state index in [1.54, 1.807) is 32.2 Å². The van der Waals surface area contributed by atoms with Crippen molar-refractivity contribution in [3.8, 4) is 17.6 Å². The molecule has 1 aliphatic rings. The van der Waals surface area contributed by atoms with E-state index in [0.29, 0.717) is 11.1 Å². The monoisotopic (exact) mass is 448 g/mol. The molecule has 1 amide bonds. The summed E-state index contributed by atoms with van der Waals surface area (Å²) in [4.78, 5) is 17.7. The lowest BCUT2D eigenvalue weighted by Crippen LogP contribution is -2.39. The fourth-order valence-corrected chi connectivity index (χ4v) is 3.52. The highest BCUT2D eigenvalue weighted by molar-refractivity contribution is 7.98. The van der Waals surface area contributed by atoms with Gasteiger partial charge in [0.05, 0.1) is 24.5 Å². The molecule has 2 aromatic carbocycles. The third-order valence-corrected chi connectivity index (χ3v) is 5.23. The Labute approximate surface area is 180 Å². The number of anilines is 1. The Bertz CT molecular complexity index is 1100. The summed E-state index contributed by atoms with van der Waals surface area (Å²) in [5.74, 6) is -1.21. The molecule has 3 aromatic rings. The highest BCUT2D eigenvalue weighted by Crippen LogP contribution is 2.40. The van der Waals surface area contributed by atoms with Crippen LogP contribution in [0.15, 0.2) is 47.2 Å². The smallest absolute Gasteiger partial charge is 0.416 e. The van der Waals surface area contributed by atoms with Gasteiger partial charge in [0.2, 0.25) is 0 Å². The molecule has 0 radical (unpaired) electrons. The molecule has 11 heteroatoms. The maximum Gasteiger partial charge on any atom is 0.416 e. The molecule has 0 bridgehead atoms. The molecule has 1 aliphatic heterocycles. The maximum absolute atomic E-state index is 14.8. The van der Waals surface area contributed by atoms with E-state index in [0.717, 1.165) is 12.1 Å². The minimum absolute atomic E-state index is 0.0544. The zero-order valence-electron chi connectivity index (χ0n) is 16.5. The largest absolute Gasteiger partial charge is 0.417 e. The van der Waals surface area contributed by atoms with Crippen LogP contribution < -0.4 is 18.9 Å². The lowest BCUT2D eigenvalue weighted by molar-refractivity contribution is 0.116. The van der Waals surface area contributed by atoms with Crippen LogP contribution in [0, 0.1) is 11.6 Å². The van der Waals surface area contributed by atoms with Gasteiger partial charge in [-0.1, -0.05) is 12.1 Å². The molecular formula is C20H18F2N4O4S. The van der Waals surface area contributed by atoms with Crippen molar-refractivity contribution < 1.29 is 27.5 Å². The number of hydrogen-bond donors (Lipinski definition) is 2. The maximum atomic E-state index is 14.8. The van der Waals surface area contributed by atoms with E-state index in [2.05, 4.69) is 14.4 Å². The third kappa shape index (κ3) is 4.28. The van der Waals surface area contributed by atoms with E-state index in [-0.39, 0.29) is 29.8 Å². The van der Waals surface area contributed by atoms with Crippen LogP contribution in [0.4, 0.5) is 19.3 Å². The number of halogens is 2. The molecular weight excluding hydrogens is 430 g/mol. The standard InChI is InChI=1S/C20H18F2N4O4S/c1-11-13-8-14(21)17(29-19-24-6-7-28-19)9-16(13)30-20(27)26(11)10-12-4-3-5-15(18(12)22)25-31-23-2/h3-9,11,23,25H,10H2,1-2H3. The van der Waals surface area contributed by atoms with Crippen molar-refractivity contribution in [2.24, 2.45) is 0 Å². The average molecular weight is 448 g/mol. The van der Waals surface area contributed by atoms with Crippen LogP contribution in [0.25, 0.3) is 0 Å². The zero-order valence-corrected chi connectivity index (χ0v) is 17.3. The first-order valence-corrected chi connectivity index (χ1v) is 10.0. The number of carbonyl (C=O) groups is 1. The van der Waals surface area contributed by atoms with E-state index >= 15 is 0 Å². The van der Waals surface area contributed by atoms with Crippen LogP contribution in [0.2, 0.25) is 0 Å². The highest BCUT2D eigenvalue weighted by Gasteiger charge is 2.33. The van der Waals surface area contributed by atoms with Crippen LogP contribution in [0.3, 0.4) is 0 Å². The average Bonchev–Trinajstić information content (AvgIpc) is 3.26. The van der Waals surface area contributed by atoms with E-state index in [1.807, 2.05) is 0 Å². The van der Waals surface area contributed by atoms with Crippen molar-refractivity contribution in [3.05, 3.63) is 65.6 Å². The van der Waals surface area contributed by atoms with Crippen molar-refractivity contribution in [1.29, 1.82) is 0 Å². The molecule has 2 N–H and O–H groups in total. The first kappa shape index (κ1) is 20.9. The van der Waals surface area contributed by atoms with Gasteiger partial charge in [0.15, 0.2) is 17.4 Å². The Morgan fingerprint density at radius 2 is 2.16 bits per heavy atom. The molecule has 0 spiro atoms. The van der Waals surface area contributed by atoms with Gasteiger partial charge in [-0.3, -0.25) is 4.90 Å². The minimum atomic E-state index is -0.684. The van der Waals surface area contributed by atoms with Crippen LogP contribution in [0.1, 0.15) is 24.1 Å². The van der Waals surface area contributed by atoms with E-state index in [9.17, 15) is 13.6 Å². The van der Waals surface area contributed by atoms with Gasteiger partial charge in [0, 0.05) is 29.3 Å². The number of oxazole rings is 1. The predicted octanol–water partition coefficient (Wildman–Crippen LogP) is 5.02. The number of nitrogens with zero attached hydrogens (tertiary/aromatic N) is 2. The topological polar surface area (TPSA) is 88.9 Å². The molecule has 0 aliphatic carbocycles. The molecule has 8 nitrogen and oxygen atoms in total. The van der Waals surface area contributed by atoms with Crippen molar-refractivity contribution in [1.82, 2.24) is 14.6 Å². The summed E-state index contributed by atoms with van der Waals surface area (Å²) in [6.45, 7) is 1.66. The molecule has 1 atom stereocenters. The SMILES string of the molecule is CNSNc1cccc(CN2C(=O)Oc3cc(Oc4ncco4)c(F)cc3C2C)c1F. The molecule has 1 unspecified atom stereocenters. The molecule has 31 heavy (non-hydrogen) atoms. The Morgan fingerprint density at radius 1 is 1.32 bits per heavy atom. The first-order valence-electron chi connectivity index (χ1n) is 9.23. The van der Waals surface area contributed by atoms with E-state index in [1.165, 1.54) is 29.5 Å². The number of hydrogen-bond acceptors (Lipinski definition) is 8. The summed E-state index contributed by atoms with van der Waals surface area (Å²) >= 11 is 1.12. The van der Waals surface area contributed by atoms with Crippen molar-refractivity contribution in [2.75, 3.05) is 11.8 Å². The quantitative estimate of drug-likeness (QED) is 0.488. The van der Waals surface area contributed by atoms with Gasteiger partial charge in [-0.25, -0.2) is 18.3 Å². The number of fused-ring (bicyclic) bond motifs is 1. The van der Waals surface area contributed by atoms with Crippen molar-refractivity contribution in [2.45, 2.75) is 19.5 Å². The van der Waals surface area contributed by atoms with Gasteiger partial charge in [-0.15, -0.1) is 0 Å². The molecule has 1 aromatic heterocycles. The second-order valence-corrected chi connectivity index (χ2v) is 7.40. The van der Waals surface area contributed by atoms with Gasteiger partial charge in [-0.2, -0.15) is 4.98 Å². The fraction of sp³-hybridized carbons (Fsp3) is 0.200. The number of aromatic nitrogens is 1. The molecule has 162 valence electrons. The van der Waals surface area contributed by atoms with E-state index < -0.39 is 23.8 Å². The fourth-order valence-electron chi connectivity index (χ4n) is 3.15. The lowest BCUT2D eigenvalue weighted by Gasteiger charge is -2.34. The Morgan fingerprint density at radius 3 is 2.90 bits per heavy atom. The summed E-state index contributed by atoms with van der Waals surface area (Å²) in [6.07, 6.45) is 1.81. The molecule has 0 saturated carbocycles.